The van der Waals surface area contributed by atoms with Crippen molar-refractivity contribution in [2.45, 2.75) is 20.3 Å². The summed E-state index contributed by atoms with van der Waals surface area (Å²) in [5.41, 5.74) is 0. The highest BCUT2D eigenvalue weighted by Gasteiger charge is 1.99. The molecule has 0 unspecified atom stereocenters. The Bertz CT molecular complexity index is 164. The first-order valence-corrected chi connectivity index (χ1v) is 3.50. The molecule has 0 atom stereocenters. The van der Waals surface area contributed by atoms with Crippen LogP contribution in [-0.2, 0) is 9.47 Å². The van der Waals surface area contributed by atoms with Crippen LogP contribution in [0.5, 0.6) is 0 Å². The number of ether oxygens (including phenoxy) is 2. The molecular weight excluding hydrogens is 144 g/mol. The van der Waals surface area contributed by atoms with Crippen molar-refractivity contribution < 1.29 is 14.3 Å². The van der Waals surface area contributed by atoms with Gasteiger partial charge >= 0.3 is 6.16 Å². The Morgan fingerprint density at radius 2 is 2.18 bits per heavy atom. The number of rotatable bonds is 3. The predicted octanol–water partition coefficient (Wildman–Crippen LogP) is 1.57. The van der Waals surface area contributed by atoms with Crippen LogP contribution in [0.15, 0.2) is 0 Å². The summed E-state index contributed by atoms with van der Waals surface area (Å²) in [6, 6.07) is 0. The molecule has 0 spiro atoms. The molecule has 0 aliphatic heterocycles. The first kappa shape index (κ1) is 9.83. The van der Waals surface area contributed by atoms with Gasteiger partial charge in [0.15, 0.2) is 6.61 Å². The third-order valence-corrected chi connectivity index (χ3v) is 0.863. The monoisotopic (exact) mass is 156 g/mol. The minimum absolute atomic E-state index is 0.110. The highest BCUT2D eigenvalue weighted by molar-refractivity contribution is 5.60. The van der Waals surface area contributed by atoms with Crippen LogP contribution in [0.25, 0.3) is 0 Å². The molecule has 62 valence electrons. The minimum Gasteiger partial charge on any atom is -0.434 e. The molecule has 0 saturated carbocycles. The average molecular weight is 156 g/mol. The summed E-state index contributed by atoms with van der Waals surface area (Å²) in [5, 5.41) is 0. The molecule has 0 N–H and O–H groups in total. The van der Waals surface area contributed by atoms with Crippen LogP contribution in [0.2, 0.25) is 0 Å². The lowest BCUT2D eigenvalue weighted by Gasteiger charge is -2.00. The van der Waals surface area contributed by atoms with Crippen LogP contribution in [-0.4, -0.2) is 19.4 Å². The van der Waals surface area contributed by atoms with Crippen molar-refractivity contribution >= 4 is 6.16 Å². The Balaban J connectivity index is 3.27. The highest BCUT2D eigenvalue weighted by Crippen LogP contribution is 1.86. The summed E-state index contributed by atoms with van der Waals surface area (Å²) >= 11 is 0. The van der Waals surface area contributed by atoms with Crippen molar-refractivity contribution in [3.8, 4) is 11.8 Å². The van der Waals surface area contributed by atoms with Crippen molar-refractivity contribution in [1.29, 1.82) is 0 Å². The van der Waals surface area contributed by atoms with Gasteiger partial charge in [-0.2, -0.15) is 0 Å². The van der Waals surface area contributed by atoms with Crippen LogP contribution in [0, 0.1) is 11.8 Å². The quantitative estimate of drug-likeness (QED) is 0.459. The molecule has 3 nitrogen and oxygen atoms in total. The molecule has 0 fully saturated rings. The molecule has 11 heavy (non-hydrogen) atoms. The molecule has 0 radical (unpaired) electrons. The third kappa shape index (κ3) is 6.72. The maximum absolute atomic E-state index is 10.6. The van der Waals surface area contributed by atoms with E-state index in [0.29, 0.717) is 6.61 Å². The van der Waals surface area contributed by atoms with Gasteiger partial charge in [-0.05, 0) is 13.3 Å². The maximum atomic E-state index is 10.6. The molecule has 0 bridgehead atoms. The van der Waals surface area contributed by atoms with E-state index in [1.54, 1.807) is 6.92 Å². The van der Waals surface area contributed by atoms with Gasteiger partial charge in [-0.15, -0.1) is 5.92 Å². The van der Waals surface area contributed by atoms with Crippen molar-refractivity contribution in [2.24, 2.45) is 0 Å². The normalized spacial score (nSPS) is 7.82. The fraction of sp³-hybridized carbons (Fsp3) is 0.625. The van der Waals surface area contributed by atoms with Crippen LogP contribution in [0.1, 0.15) is 20.3 Å². The van der Waals surface area contributed by atoms with Gasteiger partial charge in [0.2, 0.25) is 0 Å². The average Bonchev–Trinajstić information content (AvgIpc) is 2.01. The van der Waals surface area contributed by atoms with Crippen molar-refractivity contribution in [2.75, 3.05) is 13.2 Å². The summed E-state index contributed by atoms with van der Waals surface area (Å²) < 4.78 is 9.16. The largest absolute Gasteiger partial charge is 0.509 e. The lowest BCUT2D eigenvalue weighted by Crippen LogP contribution is -2.07. The summed E-state index contributed by atoms with van der Waals surface area (Å²) in [7, 11) is 0. The van der Waals surface area contributed by atoms with Crippen LogP contribution in [0.4, 0.5) is 4.79 Å². The summed E-state index contributed by atoms with van der Waals surface area (Å²) in [4.78, 5) is 10.6. The van der Waals surface area contributed by atoms with E-state index >= 15 is 0 Å². The van der Waals surface area contributed by atoms with E-state index in [4.69, 9.17) is 0 Å². The Morgan fingerprint density at radius 1 is 1.45 bits per heavy atom. The van der Waals surface area contributed by atoms with Crippen molar-refractivity contribution in [1.82, 2.24) is 0 Å². The summed E-state index contributed by atoms with van der Waals surface area (Å²) in [6.07, 6.45) is 0.156. The molecule has 3 heteroatoms. The fourth-order valence-electron chi connectivity index (χ4n) is 0.394. The van der Waals surface area contributed by atoms with Crippen molar-refractivity contribution in [3.63, 3.8) is 0 Å². The standard InChI is InChI=1S/C8H12O3/c1-3-5-7-11-8(9)10-6-4-2/h4,6-7H2,1-2H3. The zero-order valence-electron chi connectivity index (χ0n) is 6.85. The van der Waals surface area contributed by atoms with E-state index in [-0.39, 0.29) is 6.61 Å². The first-order chi connectivity index (χ1) is 5.31. The summed E-state index contributed by atoms with van der Waals surface area (Å²) in [6.45, 7) is 4.11. The highest BCUT2D eigenvalue weighted by atomic mass is 16.7. The molecule has 0 rings (SSSR count). The number of hydrogen-bond donors (Lipinski definition) is 0. The maximum Gasteiger partial charge on any atom is 0.509 e. The fourth-order valence-corrected chi connectivity index (χ4v) is 0.394. The number of carbonyl (C=O) groups excluding carboxylic acids is 1. The van der Waals surface area contributed by atoms with Gasteiger partial charge in [-0.1, -0.05) is 12.8 Å². The van der Waals surface area contributed by atoms with E-state index in [0.717, 1.165) is 6.42 Å². The zero-order valence-corrected chi connectivity index (χ0v) is 6.85. The molecule has 0 aromatic carbocycles. The van der Waals surface area contributed by atoms with Gasteiger partial charge in [0.05, 0.1) is 6.61 Å². The second kappa shape index (κ2) is 6.94. The number of carbonyl (C=O) groups is 1. The van der Waals surface area contributed by atoms with Gasteiger partial charge in [0.25, 0.3) is 0 Å². The van der Waals surface area contributed by atoms with E-state index < -0.39 is 6.16 Å². The Kier molecular flexibility index (Phi) is 6.20. The van der Waals surface area contributed by atoms with Gasteiger partial charge < -0.3 is 9.47 Å². The molecule has 0 heterocycles. The number of hydrogen-bond acceptors (Lipinski definition) is 3. The molecular formula is C8H12O3. The molecule has 0 amide bonds. The van der Waals surface area contributed by atoms with E-state index in [9.17, 15) is 4.79 Å². The minimum atomic E-state index is -0.644. The second-order valence-corrected chi connectivity index (χ2v) is 1.81. The molecule has 0 aromatic rings. The van der Waals surface area contributed by atoms with Crippen LogP contribution < -0.4 is 0 Å². The lowest BCUT2D eigenvalue weighted by molar-refractivity contribution is 0.0646. The first-order valence-electron chi connectivity index (χ1n) is 3.50. The van der Waals surface area contributed by atoms with Crippen molar-refractivity contribution in [3.05, 3.63) is 0 Å². The smallest absolute Gasteiger partial charge is 0.434 e. The van der Waals surface area contributed by atoms with Gasteiger partial charge in [-0.25, -0.2) is 4.79 Å². The SMILES string of the molecule is CC#CCOC(=O)OCCC. The van der Waals surface area contributed by atoms with E-state index in [1.165, 1.54) is 0 Å². The van der Waals surface area contributed by atoms with E-state index in [1.807, 2.05) is 6.92 Å². The predicted molar refractivity (Wildman–Crippen MR) is 41.0 cm³/mol. The van der Waals surface area contributed by atoms with Gasteiger partial charge in [0, 0.05) is 0 Å². The topological polar surface area (TPSA) is 35.5 Å². The Labute approximate surface area is 66.7 Å². The lowest BCUT2D eigenvalue weighted by atomic mass is 10.5. The second-order valence-electron chi connectivity index (χ2n) is 1.81. The third-order valence-electron chi connectivity index (χ3n) is 0.863. The molecule has 0 aromatic heterocycles. The van der Waals surface area contributed by atoms with Gasteiger partial charge in [0.1, 0.15) is 0 Å². The van der Waals surface area contributed by atoms with Crippen LogP contribution >= 0.6 is 0 Å². The zero-order chi connectivity index (χ0) is 8.53. The molecule has 0 aliphatic rings. The molecule has 0 aliphatic carbocycles. The van der Waals surface area contributed by atoms with E-state index in [2.05, 4.69) is 21.3 Å². The Hall–Kier alpha value is -1.17. The molecule has 0 saturated heterocycles. The Morgan fingerprint density at radius 3 is 2.73 bits per heavy atom. The van der Waals surface area contributed by atoms with Gasteiger partial charge in [-0.3, -0.25) is 0 Å². The van der Waals surface area contributed by atoms with Crippen LogP contribution in [0.3, 0.4) is 0 Å². The summed E-state index contributed by atoms with van der Waals surface area (Å²) in [5.74, 6) is 5.18.